The first-order valence-corrected chi connectivity index (χ1v) is 8.01. The second kappa shape index (κ2) is 6.67. The summed E-state index contributed by atoms with van der Waals surface area (Å²) in [4.78, 5) is 0.158. The lowest BCUT2D eigenvalue weighted by Gasteiger charge is -2.23. The Bertz CT molecular complexity index is 552. The van der Waals surface area contributed by atoms with Gasteiger partial charge in [-0.1, -0.05) is 13.0 Å². The zero-order valence-corrected chi connectivity index (χ0v) is 13.3. The van der Waals surface area contributed by atoms with Crippen molar-refractivity contribution in [1.82, 2.24) is 4.72 Å². The molecule has 0 fully saturated rings. The molecule has 0 radical (unpaired) electrons. The van der Waals surface area contributed by atoms with Crippen molar-refractivity contribution in [3.63, 3.8) is 0 Å². The normalized spacial score (nSPS) is 12.7. The van der Waals surface area contributed by atoms with Crippen molar-refractivity contribution in [1.29, 1.82) is 0 Å². The summed E-state index contributed by atoms with van der Waals surface area (Å²) in [5.41, 5.74) is 1.01. The van der Waals surface area contributed by atoms with Crippen LogP contribution in [0.3, 0.4) is 0 Å². The van der Waals surface area contributed by atoms with Crippen molar-refractivity contribution >= 4 is 10.0 Å². The van der Waals surface area contributed by atoms with Gasteiger partial charge in [0.25, 0.3) is 0 Å². The maximum Gasteiger partial charge on any atom is 0.240 e. The number of rotatable bonds is 7. The molecule has 20 heavy (non-hydrogen) atoms. The van der Waals surface area contributed by atoms with E-state index in [0.29, 0.717) is 5.56 Å². The van der Waals surface area contributed by atoms with E-state index in [1.807, 2.05) is 6.92 Å². The summed E-state index contributed by atoms with van der Waals surface area (Å²) in [5, 5.41) is 9.30. The van der Waals surface area contributed by atoms with E-state index in [2.05, 4.69) is 4.72 Å². The molecule has 0 bridgehead atoms. The van der Waals surface area contributed by atoms with Crippen molar-refractivity contribution in [3.8, 4) is 0 Å². The largest absolute Gasteiger partial charge is 0.392 e. The van der Waals surface area contributed by atoms with Crippen molar-refractivity contribution in [2.75, 3.05) is 13.7 Å². The lowest BCUT2D eigenvalue weighted by atomic mass is 10.1. The zero-order valence-electron chi connectivity index (χ0n) is 12.4. The number of sulfonamides is 1. The lowest BCUT2D eigenvalue weighted by Crippen LogP contribution is -2.39. The van der Waals surface area contributed by atoms with E-state index < -0.39 is 15.6 Å². The molecule has 0 saturated carbocycles. The highest BCUT2D eigenvalue weighted by Crippen LogP contribution is 2.17. The van der Waals surface area contributed by atoms with E-state index in [1.165, 1.54) is 13.2 Å². The van der Waals surface area contributed by atoms with Crippen LogP contribution in [-0.4, -0.2) is 32.8 Å². The van der Waals surface area contributed by atoms with Crippen molar-refractivity contribution in [3.05, 3.63) is 29.3 Å². The van der Waals surface area contributed by atoms with Crippen LogP contribution in [0.2, 0.25) is 0 Å². The molecule has 0 aromatic heterocycles. The topological polar surface area (TPSA) is 75.6 Å². The number of hydrogen-bond acceptors (Lipinski definition) is 4. The van der Waals surface area contributed by atoms with Gasteiger partial charge in [-0.05, 0) is 43.5 Å². The maximum absolute atomic E-state index is 12.2. The van der Waals surface area contributed by atoms with Crippen LogP contribution in [0.5, 0.6) is 0 Å². The van der Waals surface area contributed by atoms with Crippen molar-refractivity contribution < 1.29 is 18.3 Å². The average Bonchev–Trinajstić information content (AvgIpc) is 2.44. The molecule has 1 rings (SSSR count). The van der Waals surface area contributed by atoms with Crippen LogP contribution in [0, 0.1) is 0 Å². The predicted molar refractivity (Wildman–Crippen MR) is 78.0 cm³/mol. The molecule has 0 spiro atoms. The molecule has 1 aromatic rings. The molecule has 0 unspecified atom stereocenters. The van der Waals surface area contributed by atoms with Gasteiger partial charge >= 0.3 is 0 Å². The number of methoxy groups -OCH3 is 1. The molecule has 114 valence electrons. The molecule has 0 saturated heterocycles. The summed E-state index contributed by atoms with van der Waals surface area (Å²) in [6.45, 7) is 5.57. The minimum absolute atomic E-state index is 0.158. The Kier molecular flexibility index (Phi) is 5.70. The predicted octanol–water partition coefficient (Wildman–Crippen LogP) is 1.44. The van der Waals surface area contributed by atoms with Crippen LogP contribution in [0.1, 0.15) is 31.9 Å². The third kappa shape index (κ3) is 4.28. The van der Waals surface area contributed by atoms with E-state index in [-0.39, 0.29) is 18.0 Å². The van der Waals surface area contributed by atoms with Gasteiger partial charge in [0.1, 0.15) is 0 Å². The molecule has 0 atom stereocenters. The van der Waals surface area contributed by atoms with Gasteiger partial charge in [0.05, 0.1) is 17.1 Å². The molecule has 2 N–H and O–H groups in total. The fraction of sp³-hybridized carbons (Fsp3) is 0.571. The lowest BCUT2D eigenvalue weighted by molar-refractivity contribution is 0.0276. The Morgan fingerprint density at radius 2 is 1.95 bits per heavy atom. The zero-order chi connectivity index (χ0) is 15.4. The molecule has 0 heterocycles. The monoisotopic (exact) mass is 301 g/mol. The Morgan fingerprint density at radius 3 is 2.45 bits per heavy atom. The fourth-order valence-corrected chi connectivity index (χ4v) is 2.93. The summed E-state index contributed by atoms with van der Waals surface area (Å²) in [7, 11) is -2.07. The minimum Gasteiger partial charge on any atom is -0.392 e. The Morgan fingerprint density at radius 1 is 1.30 bits per heavy atom. The molecule has 5 nitrogen and oxygen atoms in total. The summed E-state index contributed by atoms with van der Waals surface area (Å²) in [5.74, 6) is 0. The molecular formula is C14H23NO4S. The first-order chi connectivity index (χ1) is 9.25. The number of aliphatic hydroxyl groups is 1. The smallest absolute Gasteiger partial charge is 0.240 e. The maximum atomic E-state index is 12.2. The van der Waals surface area contributed by atoms with E-state index in [4.69, 9.17) is 4.74 Å². The van der Waals surface area contributed by atoms with Gasteiger partial charge in [-0.3, -0.25) is 0 Å². The minimum atomic E-state index is -3.60. The van der Waals surface area contributed by atoms with Crippen molar-refractivity contribution in [2.24, 2.45) is 0 Å². The fourth-order valence-electron chi connectivity index (χ4n) is 1.69. The van der Waals surface area contributed by atoms with Crippen LogP contribution in [-0.2, 0) is 27.8 Å². The van der Waals surface area contributed by atoms with E-state index in [9.17, 15) is 13.5 Å². The SMILES string of the molecule is CCc1ccc(S(=O)(=O)NCC(C)(C)OC)cc1CO. The highest BCUT2D eigenvalue weighted by atomic mass is 32.2. The number of nitrogens with one attached hydrogen (secondary N) is 1. The second-order valence-electron chi connectivity index (χ2n) is 5.23. The van der Waals surface area contributed by atoms with E-state index in [0.717, 1.165) is 12.0 Å². The molecule has 0 aliphatic carbocycles. The third-order valence-corrected chi connectivity index (χ3v) is 4.68. The Labute approximate surface area is 121 Å². The van der Waals surface area contributed by atoms with Crippen LogP contribution in [0.15, 0.2) is 23.1 Å². The third-order valence-electron chi connectivity index (χ3n) is 3.28. The second-order valence-corrected chi connectivity index (χ2v) is 7.00. The van der Waals surface area contributed by atoms with Gasteiger partial charge in [-0.15, -0.1) is 0 Å². The highest BCUT2D eigenvalue weighted by molar-refractivity contribution is 7.89. The number of hydrogen-bond donors (Lipinski definition) is 2. The van der Waals surface area contributed by atoms with Crippen LogP contribution in [0.25, 0.3) is 0 Å². The summed E-state index contributed by atoms with van der Waals surface area (Å²) in [6.07, 6.45) is 0.750. The van der Waals surface area contributed by atoms with Gasteiger partial charge in [-0.2, -0.15) is 0 Å². The first-order valence-electron chi connectivity index (χ1n) is 6.53. The van der Waals surface area contributed by atoms with Gasteiger partial charge in [0.15, 0.2) is 0 Å². The van der Waals surface area contributed by atoms with Crippen molar-refractivity contribution in [2.45, 2.75) is 44.3 Å². The van der Waals surface area contributed by atoms with Gasteiger partial charge in [0, 0.05) is 13.7 Å². The number of ether oxygens (including phenoxy) is 1. The quantitative estimate of drug-likeness (QED) is 0.799. The van der Waals surface area contributed by atoms with E-state index in [1.54, 1.807) is 26.0 Å². The summed E-state index contributed by atoms with van der Waals surface area (Å²) < 4.78 is 32.1. The Balaban J connectivity index is 2.98. The van der Waals surface area contributed by atoms with Gasteiger partial charge in [0.2, 0.25) is 10.0 Å². The average molecular weight is 301 g/mol. The molecular weight excluding hydrogens is 278 g/mol. The van der Waals surface area contributed by atoms with Gasteiger partial charge in [-0.25, -0.2) is 13.1 Å². The van der Waals surface area contributed by atoms with Crippen LogP contribution >= 0.6 is 0 Å². The molecule has 1 aromatic carbocycles. The molecule has 0 amide bonds. The summed E-state index contributed by atoms with van der Waals surface area (Å²) in [6, 6.07) is 4.81. The van der Waals surface area contributed by atoms with Crippen LogP contribution < -0.4 is 4.72 Å². The molecule has 6 heteroatoms. The van der Waals surface area contributed by atoms with E-state index >= 15 is 0 Å². The molecule has 0 aliphatic rings. The Hall–Kier alpha value is -0.950. The van der Waals surface area contributed by atoms with Crippen LogP contribution in [0.4, 0.5) is 0 Å². The number of aliphatic hydroxyl groups excluding tert-OH is 1. The standard InChI is InChI=1S/C14H23NO4S/c1-5-11-6-7-13(8-12(11)9-16)20(17,18)15-10-14(2,3)19-4/h6-8,15-16H,5,9-10H2,1-4H3. The highest BCUT2D eigenvalue weighted by Gasteiger charge is 2.22. The molecule has 0 aliphatic heterocycles. The summed E-state index contributed by atoms with van der Waals surface area (Å²) >= 11 is 0. The number of aryl methyl sites for hydroxylation is 1. The first kappa shape index (κ1) is 17.1. The van der Waals surface area contributed by atoms with Gasteiger partial charge < -0.3 is 9.84 Å². The number of benzene rings is 1.